The maximum atomic E-state index is 14.2. The second kappa shape index (κ2) is 7.29. The summed E-state index contributed by atoms with van der Waals surface area (Å²) >= 11 is 0. The van der Waals surface area contributed by atoms with Crippen molar-refractivity contribution >= 4 is 11.4 Å². The Hall–Kier alpha value is -2.67. The van der Waals surface area contributed by atoms with Crippen molar-refractivity contribution in [1.29, 1.82) is 5.26 Å². The molecule has 26 heavy (non-hydrogen) atoms. The quantitative estimate of drug-likeness (QED) is 0.713. The fourth-order valence-corrected chi connectivity index (χ4v) is 3.24. The van der Waals surface area contributed by atoms with Gasteiger partial charge in [0.1, 0.15) is 5.82 Å². The van der Waals surface area contributed by atoms with E-state index in [4.69, 9.17) is 0 Å². The molecular formula is C22H24FN3. The van der Waals surface area contributed by atoms with Gasteiger partial charge in [0.2, 0.25) is 0 Å². The number of nitrogens with zero attached hydrogens (tertiary/aromatic N) is 3. The topological polar surface area (TPSA) is 39.9 Å². The molecule has 0 saturated heterocycles. The number of aryl methyl sites for hydroxylation is 1. The molecule has 1 aliphatic carbocycles. The molecule has 134 valence electrons. The summed E-state index contributed by atoms with van der Waals surface area (Å²) in [5.74, 6) is -0.290. The van der Waals surface area contributed by atoms with Gasteiger partial charge in [-0.05, 0) is 68.9 Å². The Balaban J connectivity index is 2.25. The van der Waals surface area contributed by atoms with Crippen LogP contribution in [0.3, 0.4) is 0 Å². The van der Waals surface area contributed by atoms with Crippen LogP contribution >= 0.6 is 0 Å². The van der Waals surface area contributed by atoms with E-state index in [-0.39, 0.29) is 5.82 Å². The summed E-state index contributed by atoms with van der Waals surface area (Å²) < 4.78 is 14.2. The smallest absolute Gasteiger partial charge is 0.145 e. The first kappa shape index (κ1) is 18.1. The lowest BCUT2D eigenvalue weighted by molar-refractivity contribution is 0.611. The van der Waals surface area contributed by atoms with Crippen molar-refractivity contribution in [2.45, 2.75) is 53.0 Å². The molecule has 0 N–H and O–H groups in total. The largest absolute Gasteiger partial charge is 0.338 e. The Bertz CT molecular complexity index is 904. The minimum absolute atomic E-state index is 0.290. The minimum Gasteiger partial charge on any atom is -0.338 e. The van der Waals surface area contributed by atoms with Crippen LogP contribution in [0.25, 0.3) is 5.70 Å². The van der Waals surface area contributed by atoms with Crippen molar-refractivity contribution in [3.05, 3.63) is 64.2 Å². The third kappa shape index (κ3) is 3.35. The molecule has 0 bridgehead atoms. The third-order valence-corrected chi connectivity index (χ3v) is 5.09. The molecule has 0 spiro atoms. The summed E-state index contributed by atoms with van der Waals surface area (Å²) in [7, 11) is 0. The van der Waals surface area contributed by atoms with Crippen LogP contribution in [0.5, 0.6) is 0 Å². The first-order chi connectivity index (χ1) is 12.5. The highest BCUT2D eigenvalue weighted by Gasteiger charge is 2.34. The Kier molecular flexibility index (Phi) is 5.08. The number of rotatable bonds is 5. The molecule has 0 amide bonds. The van der Waals surface area contributed by atoms with Crippen LogP contribution in [0.15, 0.2) is 36.2 Å². The van der Waals surface area contributed by atoms with Crippen molar-refractivity contribution in [1.82, 2.24) is 4.98 Å². The Morgan fingerprint density at radius 1 is 1.31 bits per heavy atom. The zero-order chi connectivity index (χ0) is 18.8. The molecule has 0 atom stereocenters. The first-order valence-electron chi connectivity index (χ1n) is 9.08. The molecule has 1 aromatic carbocycles. The third-order valence-electron chi connectivity index (χ3n) is 5.09. The molecule has 4 heteroatoms. The number of pyridine rings is 1. The summed E-state index contributed by atoms with van der Waals surface area (Å²) in [4.78, 5) is 6.41. The molecule has 1 aromatic heterocycles. The van der Waals surface area contributed by atoms with Gasteiger partial charge in [0.25, 0.3) is 0 Å². The highest BCUT2D eigenvalue weighted by Crippen LogP contribution is 2.42. The summed E-state index contributed by atoms with van der Waals surface area (Å²) in [6.07, 6.45) is 6.08. The lowest BCUT2D eigenvalue weighted by atomic mass is 9.99. The number of anilines is 1. The number of halogens is 1. The number of hydrogen-bond acceptors (Lipinski definition) is 3. The predicted molar refractivity (Wildman–Crippen MR) is 103 cm³/mol. The fourth-order valence-electron chi connectivity index (χ4n) is 3.24. The van der Waals surface area contributed by atoms with Crippen molar-refractivity contribution in [3.63, 3.8) is 0 Å². The van der Waals surface area contributed by atoms with Crippen LogP contribution in [-0.4, -0.2) is 11.0 Å². The van der Waals surface area contributed by atoms with Crippen LogP contribution < -0.4 is 4.90 Å². The minimum atomic E-state index is -0.290. The van der Waals surface area contributed by atoms with Gasteiger partial charge in [0, 0.05) is 29.2 Å². The van der Waals surface area contributed by atoms with Crippen molar-refractivity contribution in [3.8, 4) is 6.07 Å². The molecule has 1 aliphatic rings. The van der Waals surface area contributed by atoms with E-state index in [1.165, 1.54) is 11.8 Å². The summed E-state index contributed by atoms with van der Waals surface area (Å²) in [5, 5.41) is 9.34. The highest BCUT2D eigenvalue weighted by molar-refractivity contribution is 5.85. The van der Waals surface area contributed by atoms with E-state index in [1.807, 2.05) is 18.2 Å². The molecule has 0 aliphatic heterocycles. The second-order valence-electron chi connectivity index (χ2n) is 6.99. The van der Waals surface area contributed by atoms with Gasteiger partial charge in [-0.1, -0.05) is 13.0 Å². The second-order valence-corrected chi connectivity index (χ2v) is 6.99. The van der Waals surface area contributed by atoms with E-state index in [9.17, 15) is 9.65 Å². The number of allylic oxidation sites excluding steroid dienone is 1. The molecule has 1 saturated carbocycles. The van der Waals surface area contributed by atoms with E-state index in [0.717, 1.165) is 41.8 Å². The highest BCUT2D eigenvalue weighted by atomic mass is 19.1. The van der Waals surface area contributed by atoms with Gasteiger partial charge < -0.3 is 4.90 Å². The standard InChI is InChI=1S/C22H24FN3/c1-5-14(2)22(19-12-25-13-20(23)16(19)4)26(18-8-9-18)21-10-17(11-24)7-6-15(21)3/h6-7,10,12-13,18H,5,8-9H2,1-4H3. The summed E-state index contributed by atoms with van der Waals surface area (Å²) in [6, 6.07) is 8.38. The van der Waals surface area contributed by atoms with E-state index < -0.39 is 0 Å². The molecule has 3 rings (SSSR count). The van der Waals surface area contributed by atoms with Gasteiger partial charge in [0.05, 0.1) is 17.8 Å². The fraction of sp³-hybridized carbons (Fsp3) is 0.364. The van der Waals surface area contributed by atoms with Crippen molar-refractivity contribution in [2.75, 3.05) is 4.90 Å². The Morgan fingerprint density at radius 3 is 2.65 bits per heavy atom. The maximum Gasteiger partial charge on any atom is 0.145 e. The van der Waals surface area contributed by atoms with Gasteiger partial charge in [0.15, 0.2) is 0 Å². The molecular weight excluding hydrogens is 325 g/mol. The molecule has 2 aromatic rings. The zero-order valence-electron chi connectivity index (χ0n) is 15.8. The maximum absolute atomic E-state index is 14.2. The van der Waals surface area contributed by atoms with E-state index in [1.54, 1.807) is 13.1 Å². The number of nitriles is 1. The SMILES string of the molecule is CCC(C)=C(c1cncc(F)c1C)N(c1cc(C#N)ccc1C)C1CC1. The van der Waals surface area contributed by atoms with Gasteiger partial charge in [-0.25, -0.2) is 4.39 Å². The Morgan fingerprint density at radius 2 is 2.04 bits per heavy atom. The van der Waals surface area contributed by atoms with Crippen LogP contribution in [0.1, 0.15) is 55.4 Å². The van der Waals surface area contributed by atoms with E-state index in [2.05, 4.69) is 36.7 Å². The number of benzene rings is 1. The van der Waals surface area contributed by atoms with Crippen LogP contribution in [-0.2, 0) is 0 Å². The van der Waals surface area contributed by atoms with Gasteiger partial charge in [-0.15, -0.1) is 0 Å². The lowest BCUT2D eigenvalue weighted by Gasteiger charge is -2.32. The van der Waals surface area contributed by atoms with Gasteiger partial charge >= 0.3 is 0 Å². The average molecular weight is 349 g/mol. The summed E-state index contributed by atoms with van der Waals surface area (Å²) in [6.45, 7) is 8.07. The first-order valence-corrected chi connectivity index (χ1v) is 9.08. The van der Waals surface area contributed by atoms with Crippen molar-refractivity contribution in [2.24, 2.45) is 0 Å². The molecule has 3 nitrogen and oxygen atoms in total. The van der Waals surface area contributed by atoms with E-state index >= 15 is 0 Å². The van der Waals surface area contributed by atoms with Crippen LogP contribution in [0, 0.1) is 31.0 Å². The van der Waals surface area contributed by atoms with E-state index in [0.29, 0.717) is 17.2 Å². The number of aromatic nitrogens is 1. The zero-order valence-corrected chi connectivity index (χ0v) is 15.8. The van der Waals surface area contributed by atoms with Gasteiger partial charge in [-0.2, -0.15) is 5.26 Å². The summed E-state index contributed by atoms with van der Waals surface area (Å²) in [5.41, 5.74) is 6.43. The Labute approximate surface area is 154 Å². The normalized spacial score (nSPS) is 14.6. The molecule has 0 radical (unpaired) electrons. The van der Waals surface area contributed by atoms with Crippen molar-refractivity contribution < 1.29 is 4.39 Å². The average Bonchev–Trinajstić information content (AvgIpc) is 3.47. The van der Waals surface area contributed by atoms with Crippen LogP contribution in [0.4, 0.5) is 10.1 Å². The monoisotopic (exact) mass is 349 g/mol. The molecule has 1 heterocycles. The van der Waals surface area contributed by atoms with Crippen LogP contribution in [0.2, 0.25) is 0 Å². The molecule has 0 unspecified atom stereocenters. The van der Waals surface area contributed by atoms with Gasteiger partial charge in [-0.3, -0.25) is 4.98 Å². The lowest BCUT2D eigenvalue weighted by Crippen LogP contribution is -2.26. The number of hydrogen-bond donors (Lipinski definition) is 0. The molecule has 1 fully saturated rings. The predicted octanol–water partition coefficient (Wildman–Crippen LogP) is 5.52.